The highest BCUT2D eigenvalue weighted by molar-refractivity contribution is 5.55. The average Bonchev–Trinajstić information content (AvgIpc) is 3.26. The minimum atomic E-state index is 0.344. The van der Waals surface area contributed by atoms with Gasteiger partial charge in [-0.1, -0.05) is 12.1 Å². The Balaban J connectivity index is 1.53. The monoisotopic (exact) mass is 362 g/mol. The Kier molecular flexibility index (Phi) is 4.90. The summed E-state index contributed by atoms with van der Waals surface area (Å²) in [4.78, 5) is 11.8. The lowest BCUT2D eigenvalue weighted by Crippen LogP contribution is -2.23. The summed E-state index contributed by atoms with van der Waals surface area (Å²) in [6.45, 7) is 6.19. The van der Waals surface area contributed by atoms with Crippen LogP contribution in [0.5, 0.6) is 0 Å². The first-order valence-electron chi connectivity index (χ1n) is 9.49. The number of likely N-dealkylation sites (tertiary alicyclic amines) is 1. The van der Waals surface area contributed by atoms with Crippen molar-refractivity contribution in [2.24, 2.45) is 7.05 Å². The van der Waals surface area contributed by atoms with Crippen molar-refractivity contribution >= 4 is 11.6 Å². The van der Waals surface area contributed by atoms with Gasteiger partial charge in [-0.05, 0) is 57.0 Å². The van der Waals surface area contributed by atoms with Crippen molar-refractivity contribution in [2.45, 2.75) is 39.3 Å². The van der Waals surface area contributed by atoms with Gasteiger partial charge in [0.05, 0.1) is 17.9 Å². The van der Waals surface area contributed by atoms with Gasteiger partial charge in [-0.25, -0.2) is 9.97 Å². The molecule has 0 aliphatic carbocycles. The van der Waals surface area contributed by atoms with E-state index >= 15 is 0 Å². The summed E-state index contributed by atoms with van der Waals surface area (Å²) in [6.07, 6.45) is 6.12. The average molecular weight is 362 g/mol. The van der Waals surface area contributed by atoms with Crippen LogP contribution in [0.2, 0.25) is 0 Å². The van der Waals surface area contributed by atoms with Crippen molar-refractivity contribution in [3.8, 4) is 0 Å². The van der Waals surface area contributed by atoms with Gasteiger partial charge in [0, 0.05) is 31.0 Å². The molecule has 3 aromatic rings. The molecule has 140 valence electrons. The van der Waals surface area contributed by atoms with Crippen molar-refractivity contribution in [3.63, 3.8) is 0 Å². The molecule has 0 amide bonds. The third kappa shape index (κ3) is 3.71. The summed E-state index contributed by atoms with van der Waals surface area (Å²) in [6, 6.07) is 10.6. The van der Waals surface area contributed by atoms with Gasteiger partial charge in [0.25, 0.3) is 0 Å². The summed E-state index contributed by atoms with van der Waals surface area (Å²) in [7, 11) is 2.00. The van der Waals surface area contributed by atoms with E-state index in [0.717, 1.165) is 42.4 Å². The molecule has 6 heteroatoms. The molecule has 1 N–H and O–H groups in total. The molecule has 1 atom stereocenters. The van der Waals surface area contributed by atoms with Crippen LogP contribution in [0.15, 0.2) is 42.7 Å². The highest BCUT2D eigenvalue weighted by Gasteiger charge is 2.28. The Morgan fingerprint density at radius 3 is 2.85 bits per heavy atom. The molecule has 4 rings (SSSR count). The van der Waals surface area contributed by atoms with Crippen LogP contribution < -0.4 is 5.32 Å². The number of hydrogen-bond acceptors (Lipinski definition) is 5. The third-order valence-corrected chi connectivity index (χ3v) is 5.44. The van der Waals surface area contributed by atoms with E-state index in [1.54, 1.807) is 6.20 Å². The summed E-state index contributed by atoms with van der Waals surface area (Å²) in [5.41, 5.74) is 4.75. The van der Waals surface area contributed by atoms with E-state index in [1.165, 1.54) is 17.7 Å². The van der Waals surface area contributed by atoms with Crippen LogP contribution >= 0.6 is 0 Å². The number of nitrogens with one attached hydrogen (secondary N) is 1. The second-order valence-corrected chi connectivity index (χ2v) is 7.25. The molecule has 0 unspecified atom stereocenters. The van der Waals surface area contributed by atoms with Crippen LogP contribution in [0.3, 0.4) is 0 Å². The van der Waals surface area contributed by atoms with E-state index in [0.29, 0.717) is 6.04 Å². The van der Waals surface area contributed by atoms with Crippen molar-refractivity contribution in [2.75, 3.05) is 11.9 Å². The molecule has 3 aromatic heterocycles. The van der Waals surface area contributed by atoms with E-state index in [4.69, 9.17) is 4.98 Å². The predicted octanol–water partition coefficient (Wildman–Crippen LogP) is 3.91. The van der Waals surface area contributed by atoms with Crippen LogP contribution in [0.4, 0.5) is 11.6 Å². The van der Waals surface area contributed by atoms with E-state index < -0.39 is 0 Å². The second kappa shape index (κ2) is 7.48. The normalized spacial score (nSPS) is 17.4. The van der Waals surface area contributed by atoms with Gasteiger partial charge in [-0.2, -0.15) is 5.10 Å². The highest BCUT2D eigenvalue weighted by atomic mass is 15.3. The number of rotatable bonds is 5. The Morgan fingerprint density at radius 1 is 1.19 bits per heavy atom. The molecule has 1 saturated heterocycles. The van der Waals surface area contributed by atoms with E-state index in [9.17, 15) is 0 Å². The fourth-order valence-electron chi connectivity index (χ4n) is 3.71. The lowest BCUT2D eigenvalue weighted by Gasteiger charge is -2.24. The van der Waals surface area contributed by atoms with E-state index in [2.05, 4.69) is 39.4 Å². The number of hydrogen-bond donors (Lipinski definition) is 1. The Hall–Kier alpha value is -2.73. The zero-order valence-electron chi connectivity index (χ0n) is 16.2. The number of anilines is 2. The lowest BCUT2D eigenvalue weighted by atomic mass is 10.1. The molecule has 0 bridgehead atoms. The maximum atomic E-state index is 4.90. The zero-order chi connectivity index (χ0) is 18.8. The van der Waals surface area contributed by atoms with Crippen molar-refractivity contribution < 1.29 is 0 Å². The Bertz CT molecular complexity index is 932. The molecule has 4 heterocycles. The largest absolute Gasteiger partial charge is 0.325 e. The molecule has 0 aromatic carbocycles. The van der Waals surface area contributed by atoms with Crippen LogP contribution in [-0.4, -0.2) is 31.2 Å². The fraction of sp³-hybridized carbons (Fsp3) is 0.381. The molecule has 0 spiro atoms. The third-order valence-electron chi connectivity index (χ3n) is 5.44. The molecule has 1 fully saturated rings. The van der Waals surface area contributed by atoms with Gasteiger partial charge in [0.1, 0.15) is 11.6 Å². The van der Waals surface area contributed by atoms with Crippen molar-refractivity contribution in [1.29, 1.82) is 0 Å². The summed E-state index contributed by atoms with van der Waals surface area (Å²) >= 11 is 0. The minimum absolute atomic E-state index is 0.344. The Morgan fingerprint density at radius 2 is 2.07 bits per heavy atom. The van der Waals surface area contributed by atoms with Gasteiger partial charge in [-0.15, -0.1) is 0 Å². The van der Waals surface area contributed by atoms with E-state index in [-0.39, 0.29) is 0 Å². The number of pyridine rings is 2. The first kappa shape index (κ1) is 17.7. The second-order valence-electron chi connectivity index (χ2n) is 7.25. The van der Waals surface area contributed by atoms with Crippen LogP contribution in [0.25, 0.3) is 0 Å². The number of aromatic nitrogens is 4. The first-order valence-corrected chi connectivity index (χ1v) is 9.49. The Labute approximate surface area is 160 Å². The van der Waals surface area contributed by atoms with Crippen molar-refractivity contribution in [3.05, 3.63) is 65.2 Å². The molecule has 6 nitrogen and oxygen atoms in total. The van der Waals surface area contributed by atoms with Gasteiger partial charge in [0.2, 0.25) is 0 Å². The van der Waals surface area contributed by atoms with Gasteiger partial charge in [0.15, 0.2) is 0 Å². The number of nitrogens with zero attached hydrogens (tertiary/aromatic N) is 5. The van der Waals surface area contributed by atoms with Gasteiger partial charge >= 0.3 is 0 Å². The molecular weight excluding hydrogens is 336 g/mol. The molecular formula is C21H26N6. The maximum absolute atomic E-state index is 4.90. The highest BCUT2D eigenvalue weighted by Crippen LogP contribution is 2.33. The molecule has 1 aliphatic rings. The summed E-state index contributed by atoms with van der Waals surface area (Å²) < 4.78 is 1.94. The lowest BCUT2D eigenvalue weighted by molar-refractivity contribution is 0.244. The minimum Gasteiger partial charge on any atom is -0.325 e. The predicted molar refractivity (Wildman–Crippen MR) is 107 cm³/mol. The summed E-state index contributed by atoms with van der Waals surface area (Å²) in [5.74, 6) is 1.70. The van der Waals surface area contributed by atoms with E-state index in [1.807, 2.05) is 43.0 Å². The number of aryl methyl sites for hydroxylation is 2. The first-order chi connectivity index (χ1) is 13.1. The molecule has 1 aliphatic heterocycles. The maximum Gasteiger partial charge on any atom is 0.134 e. The van der Waals surface area contributed by atoms with Gasteiger partial charge in [-0.3, -0.25) is 9.58 Å². The zero-order valence-corrected chi connectivity index (χ0v) is 16.2. The van der Waals surface area contributed by atoms with Crippen molar-refractivity contribution in [1.82, 2.24) is 24.6 Å². The summed E-state index contributed by atoms with van der Waals surface area (Å²) in [5, 5.41) is 7.74. The standard InChI is InChI=1S/C21H26N6/c1-15-7-5-11-22-21(15)25-20-10-4-8-18(24-20)19-9-6-12-27(19)14-17-13-23-26(3)16(17)2/h4-5,7-8,10-11,13,19H,6,9,12,14H2,1-3H3,(H,22,24,25)/t19-/m1/s1. The van der Waals surface area contributed by atoms with Gasteiger partial charge < -0.3 is 5.32 Å². The fourth-order valence-corrected chi connectivity index (χ4v) is 3.71. The smallest absolute Gasteiger partial charge is 0.134 e. The molecule has 27 heavy (non-hydrogen) atoms. The van der Waals surface area contributed by atoms with Crippen LogP contribution in [-0.2, 0) is 13.6 Å². The topological polar surface area (TPSA) is 58.9 Å². The SMILES string of the molecule is Cc1cccnc1Nc1cccc([C@H]2CCCN2Cc2cnn(C)c2C)n1. The quantitative estimate of drug-likeness (QED) is 0.746. The molecule has 0 radical (unpaired) electrons. The van der Waals surface area contributed by atoms with Crippen LogP contribution in [0.1, 0.15) is 41.4 Å². The molecule has 0 saturated carbocycles. The van der Waals surface area contributed by atoms with Crippen LogP contribution in [0, 0.1) is 13.8 Å².